The summed E-state index contributed by atoms with van der Waals surface area (Å²) < 4.78 is 0. The van der Waals surface area contributed by atoms with E-state index in [0.29, 0.717) is 6.04 Å². The minimum Gasteiger partial charge on any atom is -0.297 e. The van der Waals surface area contributed by atoms with E-state index < -0.39 is 0 Å². The molecule has 19 heavy (non-hydrogen) atoms. The van der Waals surface area contributed by atoms with Crippen molar-refractivity contribution in [1.82, 2.24) is 19.6 Å². The SMILES string of the molecule is CC(C)N(C)CN(C)CN(C)CN(C)C.[Ru+].[Ru+].[Ru+].[Ru+]. The van der Waals surface area contributed by atoms with Crippen molar-refractivity contribution in [3.8, 4) is 0 Å². The molecule has 0 saturated heterocycles. The van der Waals surface area contributed by atoms with Gasteiger partial charge in [0.15, 0.2) is 0 Å². The molecule has 0 aromatic rings. The van der Waals surface area contributed by atoms with Crippen LogP contribution in [0.4, 0.5) is 0 Å². The summed E-state index contributed by atoms with van der Waals surface area (Å²) >= 11 is 0. The van der Waals surface area contributed by atoms with Gasteiger partial charge in [0.2, 0.25) is 0 Å². The minimum absolute atomic E-state index is 0. The van der Waals surface area contributed by atoms with E-state index >= 15 is 0 Å². The quantitative estimate of drug-likeness (QED) is 0.306. The van der Waals surface area contributed by atoms with Crippen molar-refractivity contribution in [2.45, 2.75) is 19.9 Å². The number of nitrogens with zero attached hydrogens (tertiary/aromatic N) is 4. The molecule has 0 unspecified atom stereocenters. The first kappa shape index (κ1) is 33.1. The molecule has 4 nitrogen and oxygen atoms in total. The van der Waals surface area contributed by atoms with E-state index in [1.54, 1.807) is 0 Å². The van der Waals surface area contributed by atoms with Gasteiger partial charge in [-0.2, -0.15) is 0 Å². The Morgan fingerprint density at radius 3 is 1.32 bits per heavy atom. The van der Waals surface area contributed by atoms with Gasteiger partial charge in [-0.25, -0.2) is 0 Å². The zero-order chi connectivity index (χ0) is 12.0. The average Bonchev–Trinajstić information content (AvgIpc) is 2.00. The molecular weight excluding hydrogens is 592 g/mol. The van der Waals surface area contributed by atoms with E-state index in [0.717, 1.165) is 20.0 Å². The molecule has 0 spiro atoms. The zero-order valence-corrected chi connectivity index (χ0v) is 19.9. The van der Waals surface area contributed by atoms with Gasteiger partial charge < -0.3 is 0 Å². The van der Waals surface area contributed by atoms with E-state index in [1.807, 2.05) is 0 Å². The average molecular weight is 621 g/mol. The maximum absolute atomic E-state index is 2.34. The molecule has 0 aliphatic rings. The predicted molar refractivity (Wildman–Crippen MR) is 66.7 cm³/mol. The smallest absolute Gasteiger partial charge is 0.297 e. The summed E-state index contributed by atoms with van der Waals surface area (Å²) in [5.74, 6) is 0. The van der Waals surface area contributed by atoms with Gasteiger partial charge in [0.25, 0.3) is 0 Å². The van der Waals surface area contributed by atoms with Crippen molar-refractivity contribution < 1.29 is 77.9 Å². The van der Waals surface area contributed by atoms with Crippen LogP contribution in [0.3, 0.4) is 0 Å². The third-order valence-electron chi connectivity index (χ3n) is 2.35. The molecule has 0 saturated carbocycles. The van der Waals surface area contributed by atoms with Gasteiger partial charge in [0.05, 0.1) is 20.0 Å². The summed E-state index contributed by atoms with van der Waals surface area (Å²) in [5, 5.41) is 0. The van der Waals surface area contributed by atoms with Crippen molar-refractivity contribution >= 4 is 0 Å². The van der Waals surface area contributed by atoms with Crippen LogP contribution in [0.15, 0.2) is 0 Å². The van der Waals surface area contributed by atoms with Crippen LogP contribution in [0.1, 0.15) is 13.8 Å². The molecule has 0 amide bonds. The molecular formula is C11H28N4Ru4+4. The van der Waals surface area contributed by atoms with Gasteiger partial charge in [0, 0.05) is 6.04 Å². The third kappa shape index (κ3) is 20.3. The summed E-state index contributed by atoms with van der Waals surface area (Å²) in [7, 11) is 10.7. The second-order valence-corrected chi connectivity index (χ2v) is 5.07. The number of hydrogen-bond donors (Lipinski definition) is 0. The minimum atomic E-state index is 0. The molecule has 0 aromatic heterocycles. The largest absolute Gasteiger partial charge is 1.00 e. The number of hydrogen-bond acceptors (Lipinski definition) is 4. The summed E-state index contributed by atoms with van der Waals surface area (Å²) in [4.78, 5) is 9.14. The van der Waals surface area contributed by atoms with Crippen molar-refractivity contribution in [3.63, 3.8) is 0 Å². The Hall–Kier alpha value is 2.33. The molecule has 0 fully saturated rings. The maximum Gasteiger partial charge on any atom is 1.00 e. The van der Waals surface area contributed by atoms with E-state index in [4.69, 9.17) is 0 Å². The van der Waals surface area contributed by atoms with Crippen LogP contribution in [0, 0.1) is 0 Å². The van der Waals surface area contributed by atoms with Gasteiger partial charge in [-0.15, -0.1) is 0 Å². The maximum atomic E-state index is 2.34. The Morgan fingerprint density at radius 2 is 1.00 bits per heavy atom. The van der Waals surface area contributed by atoms with Crippen molar-refractivity contribution in [2.24, 2.45) is 0 Å². The second-order valence-electron chi connectivity index (χ2n) is 5.07. The first-order valence-electron chi connectivity index (χ1n) is 5.55. The van der Waals surface area contributed by atoms with Crippen molar-refractivity contribution in [1.29, 1.82) is 0 Å². The standard InChI is InChI=1S/C11H28N4.4Ru/c1-11(2)15(7)10-14(6)9-13(5)8-12(3)4;;;;/h11H,8-10H2,1-7H3;;;;/q;4*+1. The van der Waals surface area contributed by atoms with Crippen LogP contribution in [-0.4, -0.2) is 80.9 Å². The van der Waals surface area contributed by atoms with E-state index in [-0.39, 0.29) is 77.9 Å². The van der Waals surface area contributed by atoms with Gasteiger partial charge in [0.1, 0.15) is 0 Å². The number of rotatable bonds is 7. The first-order chi connectivity index (χ1) is 6.82. The Morgan fingerprint density at radius 1 is 0.632 bits per heavy atom. The van der Waals surface area contributed by atoms with Crippen LogP contribution in [-0.2, 0) is 77.9 Å². The first-order valence-corrected chi connectivity index (χ1v) is 5.55. The Balaban J connectivity index is -0.000000163. The van der Waals surface area contributed by atoms with E-state index in [1.165, 1.54) is 0 Å². The Bertz CT molecular complexity index is 173. The Labute approximate surface area is 171 Å². The Kier molecular flexibility index (Phi) is 32.0. The van der Waals surface area contributed by atoms with Crippen LogP contribution >= 0.6 is 0 Å². The third-order valence-corrected chi connectivity index (χ3v) is 2.35. The van der Waals surface area contributed by atoms with Gasteiger partial charge in [-0.3, -0.25) is 19.6 Å². The molecule has 0 N–H and O–H groups in total. The van der Waals surface area contributed by atoms with Gasteiger partial charge in [-0.1, -0.05) is 0 Å². The van der Waals surface area contributed by atoms with Crippen LogP contribution < -0.4 is 0 Å². The topological polar surface area (TPSA) is 13.0 Å². The summed E-state index contributed by atoms with van der Waals surface area (Å²) in [6.45, 7) is 7.44. The fourth-order valence-corrected chi connectivity index (χ4v) is 1.53. The molecule has 0 bridgehead atoms. The molecule has 0 aromatic carbocycles. The predicted octanol–water partition coefficient (Wildman–Crippen LogP) is 0.614. The second kappa shape index (κ2) is 18.4. The molecule has 0 rings (SSSR count). The molecule has 4 radical (unpaired) electrons. The zero-order valence-electron chi connectivity index (χ0n) is 12.9. The molecule has 0 heterocycles. The molecule has 0 aliphatic heterocycles. The fourth-order valence-electron chi connectivity index (χ4n) is 1.53. The molecule has 120 valence electrons. The molecule has 8 heteroatoms. The molecule has 0 aliphatic carbocycles. The fraction of sp³-hybridized carbons (Fsp3) is 1.00. The summed E-state index contributed by atoms with van der Waals surface area (Å²) in [6.07, 6.45) is 0. The monoisotopic (exact) mass is 624 g/mol. The van der Waals surface area contributed by atoms with Crippen LogP contribution in [0.25, 0.3) is 0 Å². The van der Waals surface area contributed by atoms with Gasteiger partial charge in [-0.05, 0) is 49.1 Å². The van der Waals surface area contributed by atoms with E-state index in [2.05, 4.69) is 68.7 Å². The summed E-state index contributed by atoms with van der Waals surface area (Å²) in [5.41, 5.74) is 0. The van der Waals surface area contributed by atoms with Gasteiger partial charge >= 0.3 is 77.9 Å². The summed E-state index contributed by atoms with van der Waals surface area (Å²) in [6, 6.07) is 0.603. The van der Waals surface area contributed by atoms with Crippen molar-refractivity contribution in [3.05, 3.63) is 0 Å². The van der Waals surface area contributed by atoms with Crippen molar-refractivity contribution in [2.75, 3.05) is 55.2 Å². The normalized spacial score (nSPS) is 10.1. The van der Waals surface area contributed by atoms with E-state index in [9.17, 15) is 0 Å². The van der Waals surface area contributed by atoms with Crippen LogP contribution in [0.5, 0.6) is 0 Å². The van der Waals surface area contributed by atoms with Crippen LogP contribution in [0.2, 0.25) is 0 Å². The molecule has 0 atom stereocenters.